The van der Waals surface area contributed by atoms with Gasteiger partial charge in [-0.3, -0.25) is 9.80 Å². The number of nitrogens with two attached hydrogens (primary N) is 1. The lowest BCUT2D eigenvalue weighted by molar-refractivity contribution is 0.0736. The molecule has 2 rings (SSSR count). The van der Waals surface area contributed by atoms with Crippen LogP contribution in [0.1, 0.15) is 17.2 Å². The summed E-state index contributed by atoms with van der Waals surface area (Å²) in [7, 11) is 0. The van der Waals surface area contributed by atoms with Crippen molar-refractivity contribution in [2.75, 3.05) is 45.8 Å². The van der Waals surface area contributed by atoms with E-state index in [0.29, 0.717) is 0 Å². The molecule has 1 saturated heterocycles. The van der Waals surface area contributed by atoms with Gasteiger partial charge in [-0.25, -0.2) is 0 Å². The molecule has 0 radical (unpaired) electrons. The second-order valence-corrected chi connectivity index (χ2v) is 5.36. The minimum Gasteiger partial charge on any atom is -0.387 e. The number of piperazine rings is 1. The number of hydrogen-bond donors (Lipinski definition) is 2. The van der Waals surface area contributed by atoms with Gasteiger partial charge in [0, 0.05) is 45.8 Å². The maximum atomic E-state index is 10.3. The molecule has 1 aliphatic rings. The van der Waals surface area contributed by atoms with E-state index in [1.165, 1.54) is 5.56 Å². The van der Waals surface area contributed by atoms with E-state index in [-0.39, 0.29) is 6.10 Å². The Hall–Kier alpha value is -0.940. The molecule has 0 spiro atoms. The molecule has 1 aliphatic heterocycles. The average Bonchev–Trinajstić information content (AvgIpc) is 2.41. The van der Waals surface area contributed by atoms with E-state index in [0.717, 1.165) is 51.4 Å². The quantitative estimate of drug-likeness (QED) is 0.817. The highest BCUT2D eigenvalue weighted by Gasteiger charge is 2.19. The van der Waals surface area contributed by atoms with Crippen molar-refractivity contribution in [2.45, 2.75) is 13.0 Å². The zero-order chi connectivity index (χ0) is 13.7. The van der Waals surface area contributed by atoms with Crippen LogP contribution in [0.25, 0.3) is 0 Å². The van der Waals surface area contributed by atoms with Gasteiger partial charge in [0.05, 0.1) is 6.10 Å². The fraction of sp³-hybridized carbons (Fsp3) is 0.600. The van der Waals surface area contributed by atoms with Gasteiger partial charge in [0.1, 0.15) is 0 Å². The standard InChI is InChI=1S/C15H25N3O/c1-13-3-2-4-14(11-13)15(19)12-18-9-7-17(6-5-16)8-10-18/h2-4,11,15,19H,5-10,12,16H2,1H3. The van der Waals surface area contributed by atoms with Crippen molar-refractivity contribution in [3.05, 3.63) is 35.4 Å². The Morgan fingerprint density at radius 1 is 1.21 bits per heavy atom. The van der Waals surface area contributed by atoms with E-state index in [9.17, 15) is 5.11 Å². The lowest BCUT2D eigenvalue weighted by Crippen LogP contribution is -2.48. The summed E-state index contributed by atoms with van der Waals surface area (Å²) < 4.78 is 0. The predicted molar refractivity (Wildman–Crippen MR) is 78.1 cm³/mol. The van der Waals surface area contributed by atoms with Gasteiger partial charge >= 0.3 is 0 Å². The van der Waals surface area contributed by atoms with Crippen molar-refractivity contribution < 1.29 is 5.11 Å². The summed E-state index contributed by atoms with van der Waals surface area (Å²) in [6, 6.07) is 8.13. The summed E-state index contributed by atoms with van der Waals surface area (Å²) in [4.78, 5) is 4.72. The van der Waals surface area contributed by atoms with E-state index in [4.69, 9.17) is 5.73 Å². The molecule has 0 aromatic heterocycles. The van der Waals surface area contributed by atoms with Crippen LogP contribution < -0.4 is 5.73 Å². The Kier molecular flexibility index (Phi) is 5.34. The normalized spacial score (nSPS) is 19.5. The monoisotopic (exact) mass is 263 g/mol. The largest absolute Gasteiger partial charge is 0.387 e. The van der Waals surface area contributed by atoms with E-state index in [1.54, 1.807) is 0 Å². The SMILES string of the molecule is Cc1cccc(C(O)CN2CCN(CCN)CC2)c1. The molecule has 1 atom stereocenters. The van der Waals surface area contributed by atoms with Gasteiger partial charge in [-0.1, -0.05) is 29.8 Å². The Morgan fingerprint density at radius 2 is 1.89 bits per heavy atom. The number of aliphatic hydroxyl groups is 1. The van der Waals surface area contributed by atoms with Crippen LogP contribution in [-0.2, 0) is 0 Å². The molecule has 4 heteroatoms. The lowest BCUT2D eigenvalue weighted by Gasteiger charge is -2.35. The fourth-order valence-corrected chi connectivity index (χ4v) is 2.61. The first-order chi connectivity index (χ1) is 9.19. The maximum Gasteiger partial charge on any atom is 0.0917 e. The predicted octanol–water partition coefficient (Wildman–Crippen LogP) is 0.605. The first-order valence-electron chi connectivity index (χ1n) is 7.08. The molecular weight excluding hydrogens is 238 g/mol. The van der Waals surface area contributed by atoms with Crippen LogP contribution in [0.15, 0.2) is 24.3 Å². The first kappa shape index (κ1) is 14.5. The molecule has 1 aromatic rings. The number of aliphatic hydroxyl groups excluding tert-OH is 1. The average molecular weight is 263 g/mol. The Morgan fingerprint density at radius 3 is 2.53 bits per heavy atom. The molecule has 3 N–H and O–H groups in total. The molecule has 1 aromatic carbocycles. The summed E-state index contributed by atoms with van der Waals surface area (Å²) >= 11 is 0. The van der Waals surface area contributed by atoms with Crippen LogP contribution in [-0.4, -0.2) is 60.7 Å². The summed E-state index contributed by atoms with van der Waals surface area (Å²) in [6.45, 7) is 8.63. The highest BCUT2D eigenvalue weighted by Crippen LogP contribution is 2.16. The van der Waals surface area contributed by atoms with Crippen LogP contribution in [0.4, 0.5) is 0 Å². The minimum absolute atomic E-state index is 0.388. The topological polar surface area (TPSA) is 52.7 Å². The summed E-state index contributed by atoms with van der Waals surface area (Å²) in [5, 5.41) is 10.3. The first-order valence-corrected chi connectivity index (χ1v) is 7.08. The van der Waals surface area contributed by atoms with E-state index < -0.39 is 0 Å². The zero-order valence-corrected chi connectivity index (χ0v) is 11.8. The van der Waals surface area contributed by atoms with Crippen LogP contribution in [0.2, 0.25) is 0 Å². The van der Waals surface area contributed by atoms with Crippen LogP contribution in [0.5, 0.6) is 0 Å². The van der Waals surface area contributed by atoms with Crippen molar-refractivity contribution in [1.29, 1.82) is 0 Å². The Bertz CT molecular complexity index is 389. The number of β-amino-alcohol motifs (C(OH)–C–C–N with tert-alkyl or cyclic N) is 1. The molecule has 1 fully saturated rings. The lowest BCUT2D eigenvalue weighted by atomic mass is 10.1. The summed E-state index contributed by atoms with van der Waals surface area (Å²) in [6.07, 6.45) is -0.388. The smallest absolute Gasteiger partial charge is 0.0917 e. The molecule has 1 unspecified atom stereocenters. The number of rotatable bonds is 5. The zero-order valence-electron chi connectivity index (χ0n) is 11.8. The molecule has 1 heterocycles. The van der Waals surface area contributed by atoms with E-state index in [2.05, 4.69) is 28.9 Å². The van der Waals surface area contributed by atoms with Gasteiger partial charge < -0.3 is 10.8 Å². The summed E-state index contributed by atoms with van der Waals surface area (Å²) in [5.74, 6) is 0. The molecule has 106 valence electrons. The van der Waals surface area contributed by atoms with Gasteiger partial charge in [-0.15, -0.1) is 0 Å². The van der Waals surface area contributed by atoms with Crippen molar-refractivity contribution >= 4 is 0 Å². The number of aryl methyl sites for hydroxylation is 1. The van der Waals surface area contributed by atoms with Crippen molar-refractivity contribution in [1.82, 2.24) is 9.80 Å². The van der Waals surface area contributed by atoms with E-state index in [1.807, 2.05) is 12.1 Å². The van der Waals surface area contributed by atoms with Crippen molar-refractivity contribution in [3.63, 3.8) is 0 Å². The van der Waals surface area contributed by atoms with Gasteiger partial charge in [-0.05, 0) is 12.5 Å². The van der Waals surface area contributed by atoms with Crippen LogP contribution in [0, 0.1) is 6.92 Å². The Balaban J connectivity index is 1.82. The Labute approximate surface area is 115 Å². The third-order valence-corrected chi connectivity index (χ3v) is 3.77. The molecule has 0 amide bonds. The highest BCUT2D eigenvalue weighted by molar-refractivity contribution is 5.24. The number of nitrogens with zero attached hydrogens (tertiary/aromatic N) is 2. The maximum absolute atomic E-state index is 10.3. The van der Waals surface area contributed by atoms with Gasteiger partial charge in [0.25, 0.3) is 0 Å². The molecule has 0 aliphatic carbocycles. The number of benzene rings is 1. The molecule has 19 heavy (non-hydrogen) atoms. The molecule has 0 saturated carbocycles. The van der Waals surface area contributed by atoms with Crippen LogP contribution >= 0.6 is 0 Å². The second kappa shape index (κ2) is 7.01. The van der Waals surface area contributed by atoms with Crippen molar-refractivity contribution in [3.8, 4) is 0 Å². The van der Waals surface area contributed by atoms with Gasteiger partial charge in [0.2, 0.25) is 0 Å². The number of hydrogen-bond acceptors (Lipinski definition) is 4. The highest BCUT2D eigenvalue weighted by atomic mass is 16.3. The fourth-order valence-electron chi connectivity index (χ4n) is 2.61. The molecule has 4 nitrogen and oxygen atoms in total. The molecule has 0 bridgehead atoms. The van der Waals surface area contributed by atoms with E-state index >= 15 is 0 Å². The van der Waals surface area contributed by atoms with Crippen LogP contribution in [0.3, 0.4) is 0 Å². The summed E-state index contributed by atoms with van der Waals surface area (Å²) in [5.41, 5.74) is 7.79. The third kappa shape index (κ3) is 4.28. The van der Waals surface area contributed by atoms with Gasteiger partial charge in [0.15, 0.2) is 0 Å². The second-order valence-electron chi connectivity index (χ2n) is 5.36. The van der Waals surface area contributed by atoms with Crippen molar-refractivity contribution in [2.24, 2.45) is 5.73 Å². The third-order valence-electron chi connectivity index (χ3n) is 3.77. The molecular formula is C15H25N3O. The minimum atomic E-state index is -0.388. The van der Waals surface area contributed by atoms with Gasteiger partial charge in [-0.2, -0.15) is 0 Å².